The van der Waals surface area contributed by atoms with Crippen LogP contribution in [0.15, 0.2) is 0 Å². The summed E-state index contributed by atoms with van der Waals surface area (Å²) in [5.74, 6) is 0.434. The maximum absolute atomic E-state index is 11.6. The first-order valence-electron chi connectivity index (χ1n) is 4.60. The van der Waals surface area contributed by atoms with E-state index in [-0.39, 0.29) is 22.5 Å². The fourth-order valence-corrected chi connectivity index (χ4v) is 2.17. The van der Waals surface area contributed by atoms with Gasteiger partial charge in [0.05, 0.1) is 5.38 Å². The van der Waals surface area contributed by atoms with Crippen LogP contribution < -0.4 is 0 Å². The van der Waals surface area contributed by atoms with Crippen LogP contribution >= 0.6 is 11.6 Å². The second-order valence-corrected chi connectivity index (χ2v) is 5.25. The minimum Gasteiger partial charge on any atom is -0.298 e. The number of carbonyl (C=O) groups is 1. The van der Waals surface area contributed by atoms with E-state index in [2.05, 4.69) is 20.8 Å². The maximum atomic E-state index is 11.6. The zero-order chi connectivity index (χ0) is 9.35. The molecule has 2 unspecified atom stereocenters. The van der Waals surface area contributed by atoms with Gasteiger partial charge in [0, 0.05) is 5.92 Å². The first kappa shape index (κ1) is 10.0. The Balaban J connectivity index is 2.71. The smallest absolute Gasteiger partial charge is 0.154 e. The largest absolute Gasteiger partial charge is 0.298 e. The molecule has 12 heavy (non-hydrogen) atoms. The Morgan fingerprint density at radius 1 is 1.33 bits per heavy atom. The van der Waals surface area contributed by atoms with Gasteiger partial charge in [-0.3, -0.25) is 4.79 Å². The number of ketones is 1. The van der Waals surface area contributed by atoms with Gasteiger partial charge in [0.1, 0.15) is 0 Å². The highest BCUT2D eigenvalue weighted by Crippen LogP contribution is 2.36. The molecule has 0 aliphatic heterocycles. The molecule has 1 aliphatic carbocycles. The third-order valence-electron chi connectivity index (χ3n) is 2.65. The van der Waals surface area contributed by atoms with Gasteiger partial charge in [0.25, 0.3) is 0 Å². The van der Waals surface area contributed by atoms with E-state index >= 15 is 0 Å². The molecule has 0 aromatic heterocycles. The van der Waals surface area contributed by atoms with Crippen LogP contribution in [0.4, 0.5) is 0 Å². The van der Waals surface area contributed by atoms with E-state index in [1.54, 1.807) is 0 Å². The number of hydrogen-bond donors (Lipinski definition) is 0. The van der Waals surface area contributed by atoms with Crippen molar-refractivity contribution in [2.45, 2.75) is 45.4 Å². The Morgan fingerprint density at radius 2 is 1.92 bits per heavy atom. The van der Waals surface area contributed by atoms with E-state index in [1.165, 1.54) is 0 Å². The molecule has 70 valence electrons. The first-order valence-corrected chi connectivity index (χ1v) is 5.04. The first-order chi connectivity index (χ1) is 5.43. The summed E-state index contributed by atoms with van der Waals surface area (Å²) in [6, 6.07) is 0. The highest BCUT2D eigenvalue weighted by atomic mass is 35.5. The van der Waals surface area contributed by atoms with E-state index in [0.717, 1.165) is 19.3 Å². The molecule has 0 aromatic rings. The number of Topliss-reactive ketones (excluding diaryl/α,β-unsaturated/α-hetero) is 1. The highest BCUT2D eigenvalue weighted by molar-refractivity contribution is 6.31. The molecular formula is C10H17ClO. The van der Waals surface area contributed by atoms with Crippen molar-refractivity contribution in [1.82, 2.24) is 0 Å². The van der Waals surface area contributed by atoms with Gasteiger partial charge in [-0.15, -0.1) is 11.6 Å². The van der Waals surface area contributed by atoms with Crippen LogP contribution in [0.2, 0.25) is 0 Å². The summed E-state index contributed by atoms with van der Waals surface area (Å²) in [6.07, 6.45) is 2.99. The van der Waals surface area contributed by atoms with E-state index in [9.17, 15) is 4.79 Å². The average Bonchev–Trinajstić information content (AvgIpc) is 1.92. The van der Waals surface area contributed by atoms with Gasteiger partial charge in [-0.25, -0.2) is 0 Å². The molecule has 1 saturated carbocycles. The van der Waals surface area contributed by atoms with Crippen LogP contribution in [-0.2, 0) is 4.79 Å². The van der Waals surface area contributed by atoms with Crippen molar-refractivity contribution in [1.29, 1.82) is 0 Å². The van der Waals surface area contributed by atoms with Gasteiger partial charge in [0.2, 0.25) is 0 Å². The lowest BCUT2D eigenvalue weighted by Crippen LogP contribution is -2.37. The molecule has 2 atom stereocenters. The standard InChI is InChI=1S/C10H17ClO/c1-10(2,3)7-5-4-6-8(11)9(7)12/h7-8H,4-6H2,1-3H3. The molecule has 0 N–H and O–H groups in total. The topological polar surface area (TPSA) is 17.1 Å². The normalized spacial score (nSPS) is 32.2. The summed E-state index contributed by atoms with van der Waals surface area (Å²) < 4.78 is 0. The van der Waals surface area contributed by atoms with Crippen molar-refractivity contribution in [3.63, 3.8) is 0 Å². The summed E-state index contributed by atoms with van der Waals surface area (Å²) in [7, 11) is 0. The fraction of sp³-hybridized carbons (Fsp3) is 0.900. The summed E-state index contributed by atoms with van der Waals surface area (Å²) in [6.45, 7) is 6.35. The molecule has 0 bridgehead atoms. The zero-order valence-corrected chi connectivity index (χ0v) is 8.82. The zero-order valence-electron chi connectivity index (χ0n) is 8.06. The molecule has 1 aliphatic rings. The van der Waals surface area contributed by atoms with Gasteiger partial charge in [-0.1, -0.05) is 27.2 Å². The SMILES string of the molecule is CC(C)(C)C1CCCC(Cl)C1=O. The van der Waals surface area contributed by atoms with Gasteiger partial charge in [-0.2, -0.15) is 0 Å². The van der Waals surface area contributed by atoms with Crippen molar-refractivity contribution >= 4 is 17.4 Å². The summed E-state index contributed by atoms with van der Waals surface area (Å²) in [5, 5.41) is -0.219. The van der Waals surface area contributed by atoms with Gasteiger partial charge in [0.15, 0.2) is 5.78 Å². The number of halogens is 1. The molecule has 1 fully saturated rings. The van der Waals surface area contributed by atoms with Crippen molar-refractivity contribution in [2.24, 2.45) is 11.3 Å². The summed E-state index contributed by atoms with van der Waals surface area (Å²) >= 11 is 5.92. The molecular weight excluding hydrogens is 172 g/mol. The molecule has 0 heterocycles. The second-order valence-electron chi connectivity index (χ2n) is 4.72. The predicted octanol–water partition coefficient (Wildman–Crippen LogP) is 3.01. The number of hydrogen-bond acceptors (Lipinski definition) is 1. The monoisotopic (exact) mass is 188 g/mol. The van der Waals surface area contributed by atoms with Gasteiger partial charge in [-0.05, 0) is 18.3 Å². The van der Waals surface area contributed by atoms with Crippen molar-refractivity contribution in [3.05, 3.63) is 0 Å². The second kappa shape index (κ2) is 3.37. The van der Waals surface area contributed by atoms with Gasteiger partial charge >= 0.3 is 0 Å². The van der Waals surface area contributed by atoms with E-state index in [0.29, 0.717) is 0 Å². The van der Waals surface area contributed by atoms with E-state index in [4.69, 9.17) is 11.6 Å². The number of alkyl halides is 1. The Labute approximate surface area is 79.5 Å². The highest BCUT2D eigenvalue weighted by Gasteiger charge is 2.37. The molecule has 1 nitrogen and oxygen atoms in total. The van der Waals surface area contributed by atoms with Crippen LogP contribution in [-0.4, -0.2) is 11.2 Å². The van der Waals surface area contributed by atoms with Crippen LogP contribution in [0.3, 0.4) is 0 Å². The Hall–Kier alpha value is -0.0400. The molecule has 0 aromatic carbocycles. The number of rotatable bonds is 0. The third-order valence-corrected chi connectivity index (χ3v) is 3.08. The average molecular weight is 189 g/mol. The van der Waals surface area contributed by atoms with E-state index < -0.39 is 0 Å². The minimum absolute atomic E-state index is 0.0879. The molecule has 0 saturated heterocycles. The van der Waals surface area contributed by atoms with Crippen LogP contribution in [0, 0.1) is 11.3 Å². The van der Waals surface area contributed by atoms with Crippen LogP contribution in [0.25, 0.3) is 0 Å². The molecule has 0 spiro atoms. The minimum atomic E-state index is -0.219. The third kappa shape index (κ3) is 2.01. The summed E-state index contributed by atoms with van der Waals surface area (Å²) in [4.78, 5) is 11.6. The van der Waals surface area contributed by atoms with Crippen molar-refractivity contribution < 1.29 is 4.79 Å². The van der Waals surface area contributed by atoms with Crippen molar-refractivity contribution in [2.75, 3.05) is 0 Å². The van der Waals surface area contributed by atoms with E-state index in [1.807, 2.05) is 0 Å². The van der Waals surface area contributed by atoms with Crippen molar-refractivity contribution in [3.8, 4) is 0 Å². The molecule has 0 radical (unpaired) electrons. The molecule has 0 amide bonds. The van der Waals surface area contributed by atoms with Gasteiger partial charge < -0.3 is 0 Å². The quantitative estimate of drug-likeness (QED) is 0.535. The predicted molar refractivity (Wildman–Crippen MR) is 51.4 cm³/mol. The Morgan fingerprint density at radius 3 is 2.33 bits per heavy atom. The lowest BCUT2D eigenvalue weighted by atomic mass is 9.71. The molecule has 2 heteroatoms. The lowest BCUT2D eigenvalue weighted by molar-refractivity contribution is -0.127. The maximum Gasteiger partial charge on any atom is 0.154 e. The summed E-state index contributed by atoms with van der Waals surface area (Å²) in [5.41, 5.74) is 0.0879. The lowest BCUT2D eigenvalue weighted by Gasteiger charge is -2.34. The Bertz CT molecular complexity index is 181. The fourth-order valence-electron chi connectivity index (χ4n) is 1.86. The van der Waals surface area contributed by atoms with Crippen LogP contribution in [0.1, 0.15) is 40.0 Å². The molecule has 1 rings (SSSR count). The van der Waals surface area contributed by atoms with Crippen LogP contribution in [0.5, 0.6) is 0 Å². The number of carbonyl (C=O) groups excluding carboxylic acids is 1. The Kier molecular flexibility index (Phi) is 2.82.